The van der Waals surface area contributed by atoms with E-state index >= 15 is 0 Å². The first kappa shape index (κ1) is 19.0. The molecule has 0 radical (unpaired) electrons. The Morgan fingerprint density at radius 2 is 1.85 bits per heavy atom. The van der Waals surface area contributed by atoms with Gasteiger partial charge in [0, 0.05) is 6.04 Å². The standard InChI is InChI=1S/C21H26N4O2/c1-14-4-8-17(9-5-14)24-21-23-15(2)19(20(25-21)26-3)16-6-10-18(11-7-16)27-13-12-22/h6-7,10-11,14,17H,4-5,8-9,13H2,1-3H3,(H,23,24,25). The van der Waals surface area contributed by atoms with Crippen LogP contribution < -0.4 is 14.8 Å². The first-order valence-electron chi connectivity index (χ1n) is 9.40. The molecular formula is C21H26N4O2. The normalized spacial score (nSPS) is 19.2. The summed E-state index contributed by atoms with van der Waals surface area (Å²) in [6.45, 7) is 4.31. The third-order valence-corrected chi connectivity index (χ3v) is 5.05. The van der Waals surface area contributed by atoms with Gasteiger partial charge in [-0.1, -0.05) is 19.1 Å². The lowest BCUT2D eigenvalue weighted by molar-refractivity contribution is 0.359. The third-order valence-electron chi connectivity index (χ3n) is 5.05. The van der Waals surface area contributed by atoms with Crippen LogP contribution in [-0.2, 0) is 0 Å². The zero-order valence-electron chi connectivity index (χ0n) is 16.2. The van der Waals surface area contributed by atoms with Gasteiger partial charge in [-0.2, -0.15) is 10.2 Å². The molecule has 6 heteroatoms. The summed E-state index contributed by atoms with van der Waals surface area (Å²) in [6.07, 6.45) is 4.79. The molecular weight excluding hydrogens is 340 g/mol. The summed E-state index contributed by atoms with van der Waals surface area (Å²) in [6, 6.07) is 9.91. The Hall–Kier alpha value is -2.81. The fraction of sp³-hybridized carbons (Fsp3) is 0.476. The number of ether oxygens (including phenoxy) is 2. The maximum absolute atomic E-state index is 8.61. The van der Waals surface area contributed by atoms with Crippen LogP contribution in [0.2, 0.25) is 0 Å². The largest absolute Gasteiger partial charge is 0.480 e. The predicted octanol–water partition coefficient (Wildman–Crippen LogP) is 4.35. The molecule has 0 amide bonds. The van der Waals surface area contributed by atoms with E-state index in [-0.39, 0.29) is 6.61 Å². The highest BCUT2D eigenvalue weighted by Crippen LogP contribution is 2.33. The molecule has 1 saturated carbocycles. The average Bonchev–Trinajstić information content (AvgIpc) is 2.68. The second kappa shape index (κ2) is 8.72. The fourth-order valence-electron chi connectivity index (χ4n) is 3.51. The van der Waals surface area contributed by atoms with Crippen LogP contribution in [0.4, 0.5) is 5.95 Å². The Kier molecular flexibility index (Phi) is 6.12. The lowest BCUT2D eigenvalue weighted by Crippen LogP contribution is -2.26. The zero-order valence-corrected chi connectivity index (χ0v) is 16.2. The van der Waals surface area contributed by atoms with Gasteiger partial charge in [-0.25, -0.2) is 4.98 Å². The molecule has 27 heavy (non-hydrogen) atoms. The van der Waals surface area contributed by atoms with Gasteiger partial charge < -0.3 is 14.8 Å². The molecule has 3 rings (SSSR count). The highest BCUT2D eigenvalue weighted by atomic mass is 16.5. The van der Waals surface area contributed by atoms with E-state index in [9.17, 15) is 0 Å². The van der Waals surface area contributed by atoms with E-state index < -0.39 is 0 Å². The summed E-state index contributed by atoms with van der Waals surface area (Å²) in [5, 5.41) is 12.1. The average molecular weight is 366 g/mol. The van der Waals surface area contributed by atoms with Crippen LogP contribution in [0.1, 0.15) is 38.3 Å². The molecule has 1 aromatic heterocycles. The van der Waals surface area contributed by atoms with Gasteiger partial charge in [0.05, 0.1) is 18.4 Å². The van der Waals surface area contributed by atoms with Gasteiger partial charge >= 0.3 is 0 Å². The molecule has 6 nitrogen and oxygen atoms in total. The van der Waals surface area contributed by atoms with Crippen LogP contribution >= 0.6 is 0 Å². The summed E-state index contributed by atoms with van der Waals surface area (Å²) < 4.78 is 10.9. The van der Waals surface area contributed by atoms with Crippen LogP contribution in [-0.4, -0.2) is 29.7 Å². The van der Waals surface area contributed by atoms with E-state index in [1.165, 1.54) is 12.8 Å². The SMILES string of the molecule is COc1nc(NC2CCC(C)CC2)nc(C)c1-c1ccc(OCC#N)cc1. The smallest absolute Gasteiger partial charge is 0.226 e. The number of aromatic nitrogens is 2. The van der Waals surface area contributed by atoms with E-state index in [0.29, 0.717) is 23.6 Å². The Morgan fingerprint density at radius 1 is 1.15 bits per heavy atom. The number of rotatable bonds is 6. The quantitative estimate of drug-likeness (QED) is 0.818. The second-order valence-corrected chi connectivity index (χ2v) is 7.09. The molecule has 1 aromatic carbocycles. The highest BCUT2D eigenvalue weighted by molar-refractivity contribution is 5.72. The number of methoxy groups -OCH3 is 1. The maximum atomic E-state index is 8.61. The molecule has 142 valence electrons. The molecule has 0 spiro atoms. The summed E-state index contributed by atoms with van der Waals surface area (Å²) >= 11 is 0. The zero-order chi connectivity index (χ0) is 19.2. The van der Waals surface area contributed by atoms with Crippen LogP contribution in [0.3, 0.4) is 0 Å². The summed E-state index contributed by atoms with van der Waals surface area (Å²) in [4.78, 5) is 9.26. The molecule has 1 N–H and O–H groups in total. The molecule has 1 heterocycles. The molecule has 0 unspecified atom stereocenters. The highest BCUT2D eigenvalue weighted by Gasteiger charge is 2.20. The predicted molar refractivity (Wildman–Crippen MR) is 105 cm³/mol. The van der Waals surface area contributed by atoms with E-state index in [0.717, 1.165) is 35.6 Å². The third kappa shape index (κ3) is 4.68. The fourth-order valence-corrected chi connectivity index (χ4v) is 3.51. The first-order valence-corrected chi connectivity index (χ1v) is 9.40. The summed E-state index contributed by atoms with van der Waals surface area (Å²) in [5.74, 6) is 2.65. The van der Waals surface area contributed by atoms with Gasteiger partial charge in [0.1, 0.15) is 11.8 Å². The maximum Gasteiger partial charge on any atom is 0.226 e. The molecule has 0 bridgehead atoms. The lowest BCUT2D eigenvalue weighted by atomic mass is 9.87. The number of benzene rings is 1. The Balaban J connectivity index is 1.81. The Labute approximate surface area is 160 Å². The van der Waals surface area contributed by atoms with Crippen molar-refractivity contribution < 1.29 is 9.47 Å². The molecule has 0 saturated heterocycles. The van der Waals surface area contributed by atoms with Gasteiger partial charge in [0.25, 0.3) is 0 Å². The number of hydrogen-bond acceptors (Lipinski definition) is 6. The van der Waals surface area contributed by atoms with Crippen LogP contribution in [0.25, 0.3) is 11.1 Å². The van der Waals surface area contributed by atoms with Gasteiger partial charge in [-0.15, -0.1) is 0 Å². The van der Waals surface area contributed by atoms with Crippen LogP contribution in [0.5, 0.6) is 11.6 Å². The van der Waals surface area contributed by atoms with Crippen molar-refractivity contribution in [2.75, 3.05) is 19.0 Å². The van der Waals surface area contributed by atoms with Crippen molar-refractivity contribution in [2.45, 2.75) is 45.6 Å². The Morgan fingerprint density at radius 3 is 2.48 bits per heavy atom. The first-order chi connectivity index (χ1) is 13.1. The van der Waals surface area contributed by atoms with E-state index in [2.05, 4.69) is 22.2 Å². The molecule has 1 aliphatic rings. The van der Waals surface area contributed by atoms with Crippen molar-refractivity contribution in [2.24, 2.45) is 5.92 Å². The summed E-state index contributed by atoms with van der Waals surface area (Å²) in [5.41, 5.74) is 2.68. The number of nitrogens with zero attached hydrogens (tertiary/aromatic N) is 3. The van der Waals surface area contributed by atoms with Crippen molar-refractivity contribution in [3.05, 3.63) is 30.0 Å². The van der Waals surface area contributed by atoms with Crippen LogP contribution in [0.15, 0.2) is 24.3 Å². The number of anilines is 1. The number of aryl methyl sites for hydroxylation is 1. The van der Waals surface area contributed by atoms with Crippen LogP contribution in [0, 0.1) is 24.2 Å². The van der Waals surface area contributed by atoms with Gasteiger partial charge in [-0.3, -0.25) is 0 Å². The van der Waals surface area contributed by atoms with Gasteiger partial charge in [-0.05, 0) is 56.2 Å². The minimum Gasteiger partial charge on any atom is -0.480 e. The van der Waals surface area contributed by atoms with Crippen molar-refractivity contribution >= 4 is 5.95 Å². The molecule has 0 aliphatic heterocycles. The lowest BCUT2D eigenvalue weighted by Gasteiger charge is -2.27. The molecule has 1 fully saturated rings. The number of hydrogen-bond donors (Lipinski definition) is 1. The van der Waals surface area contributed by atoms with Crippen molar-refractivity contribution in [3.63, 3.8) is 0 Å². The van der Waals surface area contributed by atoms with Gasteiger partial charge in [0.15, 0.2) is 6.61 Å². The molecule has 2 aromatic rings. The minimum atomic E-state index is 0.0329. The monoisotopic (exact) mass is 366 g/mol. The molecule has 0 atom stereocenters. The topological polar surface area (TPSA) is 80.1 Å². The number of nitrogens with one attached hydrogen (secondary N) is 1. The van der Waals surface area contributed by atoms with E-state index in [1.54, 1.807) is 7.11 Å². The van der Waals surface area contributed by atoms with Gasteiger partial charge in [0.2, 0.25) is 11.8 Å². The van der Waals surface area contributed by atoms with Crippen molar-refractivity contribution in [3.8, 4) is 28.8 Å². The van der Waals surface area contributed by atoms with Crippen molar-refractivity contribution in [1.82, 2.24) is 9.97 Å². The summed E-state index contributed by atoms with van der Waals surface area (Å²) in [7, 11) is 1.63. The number of nitriles is 1. The molecule has 1 aliphatic carbocycles. The van der Waals surface area contributed by atoms with E-state index in [1.807, 2.05) is 37.3 Å². The van der Waals surface area contributed by atoms with E-state index in [4.69, 9.17) is 14.7 Å². The second-order valence-electron chi connectivity index (χ2n) is 7.09. The van der Waals surface area contributed by atoms with Crippen molar-refractivity contribution in [1.29, 1.82) is 5.26 Å². The Bertz CT molecular complexity index is 806. The minimum absolute atomic E-state index is 0.0329.